The summed E-state index contributed by atoms with van der Waals surface area (Å²) in [7, 11) is 0. The second-order valence-corrected chi connectivity index (χ2v) is 11.8. The van der Waals surface area contributed by atoms with Crippen LogP contribution in [0, 0.1) is 0 Å². The number of cyclic esters (lactones) is 1. The van der Waals surface area contributed by atoms with Gasteiger partial charge < -0.3 is 14.6 Å². The predicted molar refractivity (Wildman–Crippen MR) is 111 cm³/mol. The molecule has 1 aliphatic heterocycles. The van der Waals surface area contributed by atoms with E-state index in [2.05, 4.69) is 37.7 Å². The Morgan fingerprint density at radius 2 is 1.60 bits per heavy atom. The summed E-state index contributed by atoms with van der Waals surface area (Å²) >= 11 is 6.48. The molecule has 0 spiro atoms. The van der Waals surface area contributed by atoms with Crippen molar-refractivity contribution in [2.75, 3.05) is 13.2 Å². The first kappa shape index (κ1) is 28.1. The molecule has 1 fully saturated rings. The molecule has 1 aliphatic rings. The molecular weight excluding hydrogens is 550 g/mol. The number of esters is 1. The predicted octanol–water partition coefficient (Wildman–Crippen LogP) is 4.14. The fraction of sp³-hybridized carbons (Fsp3) is 0.889. The third-order valence-electron chi connectivity index (χ3n) is 3.17. The first-order chi connectivity index (χ1) is 12.0. The van der Waals surface area contributed by atoms with Crippen molar-refractivity contribution in [2.45, 2.75) is 85.1 Å². The average Bonchev–Trinajstić information content (AvgIpc) is 2.59. The van der Waals surface area contributed by atoms with E-state index in [1.165, 1.54) is 43.0 Å². The Bertz CT molecular complexity index is 309. The van der Waals surface area contributed by atoms with E-state index in [0.717, 1.165) is 0 Å². The molecule has 1 saturated heterocycles. The number of aliphatic hydroxyl groups is 1. The van der Waals surface area contributed by atoms with E-state index in [-0.39, 0.29) is 45.8 Å². The molecule has 1 N–H and O–H groups in total. The second-order valence-electron chi connectivity index (χ2n) is 5.67. The maximum atomic E-state index is 10.7. The summed E-state index contributed by atoms with van der Waals surface area (Å²) < 4.78 is 14.1. The minimum absolute atomic E-state index is 0.0710. The molecular formula is C18H35O4SSn2. The van der Waals surface area contributed by atoms with Gasteiger partial charge in [-0.1, -0.05) is 0 Å². The van der Waals surface area contributed by atoms with E-state index >= 15 is 0 Å². The van der Waals surface area contributed by atoms with Crippen molar-refractivity contribution in [3.8, 4) is 0 Å². The summed E-state index contributed by atoms with van der Waals surface area (Å²) in [4.78, 5) is 10.7. The molecule has 0 aliphatic carbocycles. The van der Waals surface area contributed by atoms with Crippen LogP contribution in [-0.4, -0.2) is 79.1 Å². The molecule has 0 amide bonds. The Kier molecular flexibility index (Phi) is 25.8. The van der Waals surface area contributed by atoms with Crippen molar-refractivity contribution in [1.29, 1.82) is 0 Å². The molecule has 0 saturated carbocycles. The molecule has 0 aromatic rings. The minimum Gasteiger partial charge on any atom is -0.481 e. The van der Waals surface area contributed by atoms with Crippen LogP contribution in [-0.2, 0) is 14.3 Å². The van der Waals surface area contributed by atoms with Crippen LogP contribution < -0.4 is 0 Å². The summed E-state index contributed by atoms with van der Waals surface area (Å²) in [5.41, 5.74) is 0. The van der Waals surface area contributed by atoms with Gasteiger partial charge >= 0.3 is 122 Å². The fourth-order valence-electron chi connectivity index (χ4n) is 1.60. The number of aliphatic hydroxyl groups excluding tert-OH is 1. The molecule has 0 bridgehead atoms. The summed E-state index contributed by atoms with van der Waals surface area (Å²) in [5.74, 6) is -0.442. The second kappa shape index (κ2) is 23.0. The number of ether oxygens (including phenoxy) is 2. The van der Waals surface area contributed by atoms with Gasteiger partial charge in [0.2, 0.25) is 0 Å². The molecule has 1 unspecified atom stereocenters. The summed E-state index contributed by atoms with van der Waals surface area (Å²) in [5, 5.41) is 9.16. The van der Waals surface area contributed by atoms with Gasteiger partial charge in [-0.3, -0.25) is 4.79 Å². The van der Waals surface area contributed by atoms with Crippen molar-refractivity contribution in [3.05, 3.63) is 0 Å². The number of hydrogen-bond donors (Lipinski definition) is 1. The number of thiocarbonyl (C=S) groups is 1. The zero-order valence-electron chi connectivity index (χ0n) is 16.1. The maximum absolute atomic E-state index is 10.7. The van der Waals surface area contributed by atoms with Gasteiger partial charge in [0, 0.05) is 0 Å². The van der Waals surface area contributed by atoms with Gasteiger partial charge in [-0.2, -0.15) is 0 Å². The van der Waals surface area contributed by atoms with Crippen molar-refractivity contribution in [3.63, 3.8) is 0 Å². The third-order valence-corrected chi connectivity index (χ3v) is 8.60. The zero-order chi connectivity index (χ0) is 19.3. The summed E-state index contributed by atoms with van der Waals surface area (Å²) in [6.45, 7) is 7.23. The van der Waals surface area contributed by atoms with Gasteiger partial charge in [0.15, 0.2) is 5.05 Å². The topological polar surface area (TPSA) is 55.8 Å². The molecule has 145 valence electrons. The van der Waals surface area contributed by atoms with Crippen molar-refractivity contribution >= 4 is 66.9 Å². The van der Waals surface area contributed by atoms with Crippen LogP contribution >= 0.6 is 12.2 Å². The van der Waals surface area contributed by atoms with E-state index in [4.69, 9.17) is 9.84 Å². The molecule has 25 heavy (non-hydrogen) atoms. The van der Waals surface area contributed by atoms with Gasteiger partial charge in [-0.25, -0.2) is 0 Å². The minimum atomic E-state index is -1.00. The molecule has 1 rings (SSSR count). The number of rotatable bonds is 8. The standard InChI is InChI=1S/C6H8O4S.3C4H9.2Sn/c7-4-3-5(8)9-1-2-10-6(4)11;3*1-3-4-2;;/h4,7H,1-3H2;3*1,3-4H2,2H3;;. The average molecular weight is 585 g/mol. The Hall–Kier alpha value is 0.917. The maximum Gasteiger partial charge on any atom is 0.309 e. The van der Waals surface area contributed by atoms with Crippen LogP contribution in [0.4, 0.5) is 0 Å². The van der Waals surface area contributed by atoms with Crippen LogP contribution in [0.2, 0.25) is 13.3 Å². The molecule has 1 heterocycles. The smallest absolute Gasteiger partial charge is 0.309 e. The van der Waals surface area contributed by atoms with Crippen LogP contribution in [0.5, 0.6) is 0 Å². The normalized spacial score (nSPS) is 16.9. The van der Waals surface area contributed by atoms with Crippen LogP contribution in [0.3, 0.4) is 0 Å². The van der Waals surface area contributed by atoms with Crippen LogP contribution in [0.1, 0.15) is 65.7 Å². The van der Waals surface area contributed by atoms with Crippen LogP contribution in [0.15, 0.2) is 0 Å². The van der Waals surface area contributed by atoms with Gasteiger partial charge in [-0.05, 0) is 12.2 Å². The van der Waals surface area contributed by atoms with Gasteiger partial charge in [-0.15, -0.1) is 0 Å². The largest absolute Gasteiger partial charge is 0.481 e. The molecule has 0 aromatic heterocycles. The van der Waals surface area contributed by atoms with Crippen LogP contribution in [0.25, 0.3) is 0 Å². The number of unbranched alkanes of at least 4 members (excludes halogenated alkanes) is 3. The summed E-state index contributed by atoms with van der Waals surface area (Å²) in [6, 6.07) is 0. The number of carbonyl (C=O) groups is 1. The van der Waals surface area contributed by atoms with E-state index in [1.807, 2.05) is 0 Å². The fourth-order valence-corrected chi connectivity index (χ4v) is 6.93. The monoisotopic (exact) mass is 587 g/mol. The Balaban J connectivity index is 0. The molecule has 1 atom stereocenters. The first-order valence-corrected chi connectivity index (χ1v) is 15.8. The zero-order valence-corrected chi connectivity index (χ0v) is 22.7. The number of hydrogen-bond acceptors (Lipinski definition) is 5. The molecule has 5 radical (unpaired) electrons. The van der Waals surface area contributed by atoms with Crippen molar-refractivity contribution < 1.29 is 19.4 Å². The number of carbonyl (C=O) groups excluding carboxylic acids is 1. The van der Waals surface area contributed by atoms with E-state index < -0.39 is 12.1 Å². The molecule has 0 aromatic carbocycles. The van der Waals surface area contributed by atoms with Crippen molar-refractivity contribution in [1.82, 2.24) is 0 Å². The van der Waals surface area contributed by atoms with E-state index in [9.17, 15) is 4.79 Å². The summed E-state index contributed by atoms with van der Waals surface area (Å²) in [6.07, 6.45) is 7.52. The Labute approximate surface area is 183 Å². The van der Waals surface area contributed by atoms with Crippen molar-refractivity contribution in [2.24, 2.45) is 0 Å². The van der Waals surface area contributed by atoms with E-state index in [1.54, 1.807) is 31.4 Å². The van der Waals surface area contributed by atoms with Gasteiger partial charge in [0.25, 0.3) is 0 Å². The Morgan fingerprint density at radius 1 is 1.08 bits per heavy atom. The third kappa shape index (κ3) is 22.9. The van der Waals surface area contributed by atoms with E-state index in [0.29, 0.717) is 0 Å². The quantitative estimate of drug-likeness (QED) is 0.201. The molecule has 4 nitrogen and oxygen atoms in total. The SMILES string of the molecule is CCC[CH2][Sn].CCC[CH2][Sn][CH2]CCC.O=C1CC(O)C(=S)OCCO1. The first-order valence-electron chi connectivity index (χ1n) is 9.38. The van der Waals surface area contributed by atoms with Gasteiger partial charge in [0.05, 0.1) is 6.42 Å². The molecule has 7 heteroatoms. The Morgan fingerprint density at radius 3 is 2.04 bits per heavy atom. The van der Waals surface area contributed by atoms with Gasteiger partial charge in [0.1, 0.15) is 19.3 Å².